The van der Waals surface area contributed by atoms with E-state index in [0.29, 0.717) is 41.7 Å². The van der Waals surface area contributed by atoms with Gasteiger partial charge in [0.05, 0.1) is 28.4 Å². The van der Waals surface area contributed by atoms with Crippen LogP contribution in [0.1, 0.15) is 16.1 Å². The van der Waals surface area contributed by atoms with Crippen molar-refractivity contribution in [3.8, 4) is 17.1 Å². The summed E-state index contributed by atoms with van der Waals surface area (Å²) >= 11 is 6.42. The summed E-state index contributed by atoms with van der Waals surface area (Å²) in [5.74, 6) is 1.72. The standard InChI is InChI=1S/C29H25ClN4O5S/c1-40(36,37)14-13-31-17-22-9-12-26(38-22)20-7-10-25-23(15-20)28(33-18-32-25)34-21-8-11-27(24(30)16-21)39-29(35)19-5-3-2-4-6-19/h2-12,15-16,18,31H,13-14,17H2,1H3,(H,32,33,34). The Balaban J connectivity index is 1.31. The van der Waals surface area contributed by atoms with Gasteiger partial charge in [0.15, 0.2) is 0 Å². The number of aromatic nitrogens is 2. The van der Waals surface area contributed by atoms with Crippen molar-refractivity contribution < 1.29 is 22.4 Å². The van der Waals surface area contributed by atoms with Crippen molar-refractivity contribution in [1.29, 1.82) is 0 Å². The number of ether oxygens (including phenoxy) is 1. The molecule has 0 amide bonds. The van der Waals surface area contributed by atoms with Crippen LogP contribution in [0.5, 0.6) is 5.75 Å². The summed E-state index contributed by atoms with van der Waals surface area (Å²) in [7, 11) is -3.02. The van der Waals surface area contributed by atoms with Crippen molar-refractivity contribution in [3.05, 3.63) is 102 Å². The number of sulfone groups is 1. The van der Waals surface area contributed by atoms with Crippen molar-refractivity contribution in [2.24, 2.45) is 0 Å². The van der Waals surface area contributed by atoms with E-state index in [2.05, 4.69) is 20.6 Å². The molecule has 2 heterocycles. The van der Waals surface area contributed by atoms with Crippen LogP contribution in [0.25, 0.3) is 22.2 Å². The molecular weight excluding hydrogens is 552 g/mol. The number of hydrogen-bond acceptors (Lipinski definition) is 9. The first-order valence-electron chi connectivity index (χ1n) is 12.3. The predicted molar refractivity (Wildman–Crippen MR) is 155 cm³/mol. The molecule has 0 aliphatic carbocycles. The Morgan fingerprint density at radius 2 is 1.82 bits per heavy atom. The molecule has 0 aliphatic heterocycles. The second kappa shape index (κ2) is 11.9. The van der Waals surface area contributed by atoms with Crippen LogP contribution in [0.15, 0.2) is 89.6 Å². The highest BCUT2D eigenvalue weighted by molar-refractivity contribution is 7.90. The number of nitrogens with zero attached hydrogens (tertiary/aromatic N) is 2. The Hall–Kier alpha value is -4.25. The second-order valence-corrected chi connectivity index (χ2v) is 11.7. The summed E-state index contributed by atoms with van der Waals surface area (Å²) in [6.07, 6.45) is 2.68. The number of anilines is 2. The van der Waals surface area contributed by atoms with E-state index in [1.807, 2.05) is 36.4 Å². The number of halogens is 1. The van der Waals surface area contributed by atoms with Crippen molar-refractivity contribution in [2.45, 2.75) is 6.54 Å². The van der Waals surface area contributed by atoms with E-state index >= 15 is 0 Å². The molecule has 2 N–H and O–H groups in total. The molecule has 40 heavy (non-hydrogen) atoms. The van der Waals surface area contributed by atoms with Crippen LogP contribution in [-0.2, 0) is 16.4 Å². The molecule has 0 saturated heterocycles. The first kappa shape index (κ1) is 27.3. The van der Waals surface area contributed by atoms with Gasteiger partial charge in [-0.1, -0.05) is 29.8 Å². The summed E-state index contributed by atoms with van der Waals surface area (Å²) in [5.41, 5.74) is 2.63. The molecule has 0 saturated carbocycles. The van der Waals surface area contributed by atoms with Crippen molar-refractivity contribution in [1.82, 2.24) is 15.3 Å². The van der Waals surface area contributed by atoms with Crippen LogP contribution in [0.3, 0.4) is 0 Å². The molecule has 0 unspecified atom stereocenters. The Bertz CT molecular complexity index is 1770. The number of carbonyl (C=O) groups is 1. The minimum Gasteiger partial charge on any atom is -0.460 e. The largest absolute Gasteiger partial charge is 0.460 e. The van der Waals surface area contributed by atoms with E-state index in [4.69, 9.17) is 20.8 Å². The summed E-state index contributed by atoms with van der Waals surface area (Å²) in [5, 5.41) is 7.37. The quantitative estimate of drug-likeness (QED) is 0.123. The number of fused-ring (bicyclic) bond motifs is 1. The molecule has 0 atom stereocenters. The lowest BCUT2D eigenvalue weighted by Gasteiger charge is -2.11. The van der Waals surface area contributed by atoms with Gasteiger partial charge < -0.3 is 19.8 Å². The van der Waals surface area contributed by atoms with E-state index in [0.717, 1.165) is 16.5 Å². The number of benzene rings is 3. The van der Waals surface area contributed by atoms with E-state index in [9.17, 15) is 13.2 Å². The van der Waals surface area contributed by atoms with Gasteiger partial charge in [0.25, 0.3) is 0 Å². The molecule has 0 fully saturated rings. The smallest absolute Gasteiger partial charge is 0.343 e. The van der Waals surface area contributed by atoms with Gasteiger partial charge in [-0.05, 0) is 60.7 Å². The minimum atomic E-state index is -3.02. The molecule has 5 rings (SSSR count). The van der Waals surface area contributed by atoms with Crippen molar-refractivity contribution >= 4 is 49.8 Å². The molecule has 3 aromatic carbocycles. The zero-order valence-corrected chi connectivity index (χ0v) is 23.0. The maximum absolute atomic E-state index is 12.4. The fraction of sp³-hybridized carbons (Fsp3) is 0.138. The monoisotopic (exact) mass is 576 g/mol. The highest BCUT2D eigenvalue weighted by atomic mass is 35.5. The lowest BCUT2D eigenvalue weighted by atomic mass is 10.1. The third-order valence-corrected chi connectivity index (χ3v) is 7.18. The Morgan fingerprint density at radius 1 is 1.00 bits per heavy atom. The van der Waals surface area contributed by atoms with Crippen LogP contribution in [0, 0.1) is 0 Å². The minimum absolute atomic E-state index is 0.0633. The zero-order valence-electron chi connectivity index (χ0n) is 21.4. The number of carbonyl (C=O) groups excluding carboxylic acids is 1. The third-order valence-electron chi connectivity index (χ3n) is 5.94. The molecule has 0 aliphatic rings. The zero-order chi connectivity index (χ0) is 28.1. The maximum atomic E-state index is 12.4. The molecule has 9 nitrogen and oxygen atoms in total. The van der Waals surface area contributed by atoms with Crippen LogP contribution >= 0.6 is 11.6 Å². The van der Waals surface area contributed by atoms with E-state index in [1.54, 1.807) is 42.5 Å². The van der Waals surface area contributed by atoms with Crippen molar-refractivity contribution in [2.75, 3.05) is 23.9 Å². The molecule has 0 bridgehead atoms. The summed E-state index contributed by atoms with van der Waals surface area (Å²) < 4.78 is 34.0. The average Bonchev–Trinajstić information content (AvgIpc) is 3.41. The van der Waals surface area contributed by atoms with Crippen molar-refractivity contribution in [3.63, 3.8) is 0 Å². The Morgan fingerprint density at radius 3 is 2.60 bits per heavy atom. The number of nitrogens with one attached hydrogen (secondary N) is 2. The molecule has 0 radical (unpaired) electrons. The van der Waals surface area contributed by atoms with Gasteiger partial charge in [-0.25, -0.2) is 23.2 Å². The molecular formula is C29H25ClN4O5S. The molecule has 2 aromatic heterocycles. The Kier molecular flexibility index (Phi) is 8.11. The van der Waals surface area contributed by atoms with Crippen LogP contribution < -0.4 is 15.4 Å². The lowest BCUT2D eigenvalue weighted by Crippen LogP contribution is -2.21. The van der Waals surface area contributed by atoms with Gasteiger partial charge in [0.2, 0.25) is 0 Å². The van der Waals surface area contributed by atoms with Crippen LogP contribution in [0.4, 0.5) is 11.5 Å². The number of esters is 1. The topological polar surface area (TPSA) is 123 Å². The molecule has 5 aromatic rings. The predicted octanol–water partition coefficient (Wildman–Crippen LogP) is 5.64. The van der Waals surface area contributed by atoms with Gasteiger partial charge in [0.1, 0.15) is 39.3 Å². The van der Waals surface area contributed by atoms with Gasteiger partial charge >= 0.3 is 5.97 Å². The number of furan rings is 1. The van der Waals surface area contributed by atoms with Crippen LogP contribution in [0.2, 0.25) is 5.02 Å². The second-order valence-electron chi connectivity index (χ2n) is 9.05. The summed E-state index contributed by atoms with van der Waals surface area (Å²) in [6, 6.07) is 23.1. The first-order chi connectivity index (χ1) is 19.2. The third kappa shape index (κ3) is 6.84. The van der Waals surface area contributed by atoms with Gasteiger partial charge in [-0.3, -0.25) is 0 Å². The van der Waals surface area contributed by atoms with Gasteiger partial charge in [0, 0.05) is 29.4 Å². The van der Waals surface area contributed by atoms with Crippen LogP contribution in [-0.4, -0.2) is 42.9 Å². The fourth-order valence-electron chi connectivity index (χ4n) is 3.94. The highest BCUT2D eigenvalue weighted by Gasteiger charge is 2.13. The average molecular weight is 577 g/mol. The summed E-state index contributed by atoms with van der Waals surface area (Å²) in [4.78, 5) is 21.2. The number of hydrogen-bond donors (Lipinski definition) is 2. The molecule has 0 spiro atoms. The highest BCUT2D eigenvalue weighted by Crippen LogP contribution is 2.32. The van der Waals surface area contributed by atoms with E-state index in [1.165, 1.54) is 12.6 Å². The Labute approximate surface area is 236 Å². The van der Waals surface area contributed by atoms with Gasteiger partial charge in [-0.15, -0.1) is 0 Å². The SMILES string of the molecule is CS(=O)(=O)CCNCc1ccc(-c2ccc3ncnc(Nc4ccc(OC(=O)c5ccccc5)c(Cl)c4)c3c2)o1. The fourth-order valence-corrected chi connectivity index (χ4v) is 4.67. The number of rotatable bonds is 10. The molecule has 204 valence electrons. The molecule has 11 heteroatoms. The first-order valence-corrected chi connectivity index (χ1v) is 14.8. The van der Waals surface area contributed by atoms with E-state index < -0.39 is 15.8 Å². The normalized spacial score (nSPS) is 11.4. The summed E-state index contributed by atoms with van der Waals surface area (Å²) in [6.45, 7) is 0.758. The lowest BCUT2D eigenvalue weighted by molar-refractivity contribution is 0.0735. The maximum Gasteiger partial charge on any atom is 0.343 e. The van der Waals surface area contributed by atoms with E-state index in [-0.39, 0.29) is 16.5 Å². The van der Waals surface area contributed by atoms with Gasteiger partial charge in [-0.2, -0.15) is 0 Å².